The van der Waals surface area contributed by atoms with E-state index in [2.05, 4.69) is 75.6 Å². The first-order chi connectivity index (χ1) is 38.5. The smallest absolute Gasteiger partial charge is 0.356 e. The number of unbranched alkanes of at least 4 members (excludes halogenated alkanes) is 3. The van der Waals surface area contributed by atoms with Crippen molar-refractivity contribution < 1.29 is 38.9 Å². The minimum atomic E-state index is -2.27. The van der Waals surface area contributed by atoms with Crippen molar-refractivity contribution in [2.24, 2.45) is 0 Å². The van der Waals surface area contributed by atoms with Gasteiger partial charge in [0.05, 0.1) is 36.5 Å². The third-order valence-electron chi connectivity index (χ3n) is 13.7. The molecule has 2 N–H and O–H groups in total. The molecule has 0 bridgehead atoms. The topological polar surface area (TPSA) is 211 Å². The maximum absolute atomic E-state index is 12.4. The third kappa shape index (κ3) is 16.7. The fraction of sp³-hybridized carbons (Fsp3) is 0.387. The van der Waals surface area contributed by atoms with Gasteiger partial charge < -0.3 is 29.5 Å². The van der Waals surface area contributed by atoms with Crippen LogP contribution in [0.5, 0.6) is 0 Å². The largest absolute Gasteiger partial charge is 0.461 e. The van der Waals surface area contributed by atoms with Crippen LogP contribution in [0, 0.1) is 23.7 Å². The minimum absolute atomic E-state index is 0.120. The summed E-state index contributed by atoms with van der Waals surface area (Å²) in [6.07, 6.45) is 19.2. The Kier molecular flexibility index (Phi) is 23.2. The molecule has 4 aromatic heterocycles. The molecule has 0 aliphatic carbocycles. The van der Waals surface area contributed by atoms with E-state index in [1.165, 1.54) is 71.4 Å². The van der Waals surface area contributed by atoms with E-state index in [0.29, 0.717) is 63.0 Å². The molecule has 2 aliphatic heterocycles. The molecule has 2 atom stereocenters. The molecule has 6 aromatic rings. The average molecular weight is 1210 g/mol. The number of aromatic nitrogens is 6. The van der Waals surface area contributed by atoms with Crippen molar-refractivity contribution in [3.63, 3.8) is 0 Å². The summed E-state index contributed by atoms with van der Waals surface area (Å²) in [4.78, 5) is 77.8. The van der Waals surface area contributed by atoms with Gasteiger partial charge in [-0.2, -0.15) is 0 Å². The van der Waals surface area contributed by atoms with E-state index in [9.17, 15) is 29.4 Å². The standard InChI is InChI=1S/C25H22N4O4.C21H19ClN2O4.C4H3N2.3C4H9.Sn/c1-3-33-23(30)21-15-19(22-16-26-10-11-27-22)14-20(28-21)18-6-4-5-17(13-18)7-8-25(32)9-12-29(2)24(25)31;1-3-28-19(25)18-13-16(22)12-17(23-18)15-6-4-5-14(11-15)7-8-21(27)9-10-24(2)20(21)26;1-2-6-4-3-5-1;3*1-3-4-2;/h4-6,10-11,13-16,32H,3,9,12H2,1-2H3;4-6,11-13,27H,3,9-10H2,1-2H3;1-3H;3*1,3-4H2,2H3;/t25-;21-;;;;;/m00...../s1. The number of ether oxygens (including phenoxy) is 2. The van der Waals surface area contributed by atoms with Crippen molar-refractivity contribution in [1.82, 2.24) is 39.7 Å². The molecule has 2 amide bonds. The normalized spacial score (nSPS) is 16.5. The number of rotatable bonds is 17. The second-order valence-electron chi connectivity index (χ2n) is 19.7. The maximum atomic E-state index is 12.4. The Hall–Kier alpha value is -7.09. The first-order valence-corrected chi connectivity index (χ1v) is 35.2. The Labute approximate surface area is 479 Å². The monoisotopic (exact) mass is 1210 g/mol. The van der Waals surface area contributed by atoms with Gasteiger partial charge in [-0.15, -0.1) is 0 Å². The van der Waals surface area contributed by atoms with E-state index < -0.39 is 53.3 Å². The molecule has 80 heavy (non-hydrogen) atoms. The Morgan fingerprint density at radius 2 is 1.09 bits per heavy atom. The van der Waals surface area contributed by atoms with Crippen molar-refractivity contribution in [1.29, 1.82) is 0 Å². The molecular weight excluding hydrogens is 1140 g/mol. The van der Waals surface area contributed by atoms with Gasteiger partial charge in [-0.05, 0) is 62.4 Å². The van der Waals surface area contributed by atoms with E-state index in [4.69, 9.17) is 26.1 Å². The van der Waals surface area contributed by atoms with Crippen molar-refractivity contribution in [2.75, 3.05) is 40.4 Å². The van der Waals surface area contributed by atoms with Gasteiger partial charge in [0.15, 0.2) is 5.69 Å². The van der Waals surface area contributed by atoms with Gasteiger partial charge in [-0.3, -0.25) is 19.6 Å². The van der Waals surface area contributed by atoms with Gasteiger partial charge in [0.1, 0.15) is 5.69 Å². The van der Waals surface area contributed by atoms with Gasteiger partial charge >= 0.3 is 135 Å². The zero-order chi connectivity index (χ0) is 57.7. The number of pyridine rings is 2. The Morgan fingerprint density at radius 3 is 1.51 bits per heavy atom. The van der Waals surface area contributed by atoms with E-state index in [1.807, 2.05) is 30.6 Å². The van der Waals surface area contributed by atoms with E-state index >= 15 is 0 Å². The predicted octanol–water partition coefficient (Wildman–Crippen LogP) is 9.38. The summed E-state index contributed by atoms with van der Waals surface area (Å²) in [7, 11) is 3.27. The van der Waals surface area contributed by atoms with Gasteiger partial charge in [0, 0.05) is 85.3 Å². The van der Waals surface area contributed by atoms with Crippen molar-refractivity contribution >= 4 is 57.4 Å². The Morgan fingerprint density at radius 1 is 0.613 bits per heavy atom. The number of carbonyl (C=O) groups excluding carboxylic acids is 4. The summed E-state index contributed by atoms with van der Waals surface area (Å²) in [5, 5.41) is 21.3. The van der Waals surface area contributed by atoms with E-state index in [0.717, 1.165) is 0 Å². The number of aliphatic hydroxyl groups is 2. The zero-order valence-corrected chi connectivity index (χ0v) is 50.4. The molecule has 418 valence electrons. The van der Waals surface area contributed by atoms with Crippen LogP contribution in [0.2, 0.25) is 18.3 Å². The number of hydrogen-bond acceptors (Lipinski definition) is 14. The summed E-state index contributed by atoms with van der Waals surface area (Å²) < 4.78 is 16.0. The van der Waals surface area contributed by atoms with Crippen molar-refractivity contribution in [3.05, 3.63) is 138 Å². The number of nitrogens with zero attached hydrogens (tertiary/aromatic N) is 8. The molecule has 18 heteroatoms. The van der Waals surface area contributed by atoms with Crippen LogP contribution in [-0.2, 0) is 19.1 Å². The molecule has 2 aliphatic rings. The molecule has 0 unspecified atom stereocenters. The number of benzene rings is 2. The summed E-state index contributed by atoms with van der Waals surface area (Å²) >= 11 is 3.86. The molecule has 0 spiro atoms. The van der Waals surface area contributed by atoms with Crippen LogP contribution in [0.25, 0.3) is 33.8 Å². The number of esters is 2. The average Bonchev–Trinajstić information content (AvgIpc) is 3.91. The zero-order valence-electron chi connectivity index (χ0n) is 46.8. The fourth-order valence-corrected chi connectivity index (χ4v) is 24.6. The number of carbonyl (C=O) groups is 4. The van der Waals surface area contributed by atoms with Gasteiger partial charge in [0.2, 0.25) is 11.2 Å². The van der Waals surface area contributed by atoms with Crippen molar-refractivity contribution in [3.8, 4) is 57.5 Å². The second-order valence-corrected chi connectivity index (χ2v) is 33.2. The summed E-state index contributed by atoms with van der Waals surface area (Å²) in [6.45, 7) is 11.8. The third-order valence-corrected chi connectivity index (χ3v) is 29.0. The molecule has 2 fully saturated rings. The predicted molar refractivity (Wildman–Crippen MR) is 312 cm³/mol. The molecule has 16 nitrogen and oxygen atoms in total. The van der Waals surface area contributed by atoms with Crippen molar-refractivity contribution in [2.45, 2.75) is 110 Å². The van der Waals surface area contributed by atoms with Crippen LogP contribution in [0.1, 0.15) is 118 Å². The number of halogens is 1. The number of hydrogen-bond donors (Lipinski definition) is 2. The van der Waals surface area contributed by atoms with E-state index in [1.54, 1.807) is 95.1 Å². The number of likely N-dealkylation sites (N-methyl/N-ethyl adjacent to an activating group) is 2. The van der Waals surface area contributed by atoms with Gasteiger partial charge in [0.25, 0.3) is 11.8 Å². The molecule has 8 rings (SSSR count). The van der Waals surface area contributed by atoms with Gasteiger partial charge in [-0.25, -0.2) is 19.6 Å². The Bertz CT molecular complexity index is 3200. The maximum Gasteiger partial charge on any atom is 0.356 e. The van der Waals surface area contributed by atoms with Crippen LogP contribution >= 0.6 is 11.6 Å². The van der Waals surface area contributed by atoms with Crippen LogP contribution < -0.4 is 3.71 Å². The number of likely N-dealkylation sites (tertiary alicyclic amines) is 2. The summed E-state index contributed by atoms with van der Waals surface area (Å²) in [5.41, 5.74) is 1.84. The number of amides is 2. The molecule has 0 saturated carbocycles. The van der Waals surface area contributed by atoms with Crippen LogP contribution in [0.15, 0.2) is 110 Å². The van der Waals surface area contributed by atoms with Crippen LogP contribution in [0.4, 0.5) is 0 Å². The Balaban J connectivity index is 0.000000201. The molecule has 2 saturated heterocycles. The second kappa shape index (κ2) is 29.9. The van der Waals surface area contributed by atoms with E-state index in [-0.39, 0.29) is 37.4 Å². The molecular formula is C62H71ClN8O8Sn. The molecule has 2 aromatic carbocycles. The first-order valence-electron chi connectivity index (χ1n) is 27.3. The SMILES string of the molecule is CCC[CH2][Sn]([CH2]CCC)([CH2]CCC)[c]1cnccn1.CCOC(=O)c1cc(-c2cnccn2)cc(-c2cccc(C#C[C@]3(O)CCN(C)C3=O)c2)n1.CCOC(=O)c1cc(Cl)cc(-c2cccc(C#C[C@]3(O)CCN(C)C3=O)c2)n1. The fourth-order valence-electron chi connectivity index (χ4n) is 9.22. The molecule has 0 radical (unpaired) electrons. The minimum Gasteiger partial charge on any atom is -0.461 e. The first kappa shape index (κ1) is 62.1. The molecule has 6 heterocycles. The summed E-state index contributed by atoms with van der Waals surface area (Å²) in [5.74, 6) is 9.29. The van der Waals surface area contributed by atoms with Crippen LogP contribution in [-0.4, -0.2) is 144 Å². The quantitative estimate of drug-likeness (QED) is 0.0495. The van der Waals surface area contributed by atoms with Gasteiger partial charge in [-0.1, -0.05) is 59.5 Å². The van der Waals surface area contributed by atoms with Crippen LogP contribution in [0.3, 0.4) is 0 Å². The summed E-state index contributed by atoms with van der Waals surface area (Å²) in [6, 6.07) is 20.8.